The number of aromatic nitrogens is 1. The quantitative estimate of drug-likeness (QED) is 0.355. The van der Waals surface area contributed by atoms with Gasteiger partial charge in [0.15, 0.2) is 0 Å². The third-order valence-corrected chi connectivity index (χ3v) is 5.02. The van der Waals surface area contributed by atoms with Gasteiger partial charge in [-0.15, -0.1) is 0 Å². The summed E-state index contributed by atoms with van der Waals surface area (Å²) in [5, 5.41) is 2.51. The number of allylic oxidation sites excluding steroid dienone is 3. The van der Waals surface area contributed by atoms with Crippen molar-refractivity contribution in [1.29, 1.82) is 0 Å². The molecule has 0 N–H and O–H groups in total. The van der Waals surface area contributed by atoms with E-state index in [0.717, 1.165) is 22.5 Å². The molecular weight excluding hydrogens is 340 g/mol. The third kappa shape index (κ3) is 4.01. The zero-order chi connectivity index (χ0) is 20.1. The Morgan fingerprint density at radius 3 is 2.57 bits per heavy atom. The van der Waals surface area contributed by atoms with Crippen molar-refractivity contribution in [3.05, 3.63) is 102 Å². The number of rotatable bonds is 5. The van der Waals surface area contributed by atoms with E-state index in [-0.39, 0.29) is 0 Å². The van der Waals surface area contributed by atoms with Gasteiger partial charge in [-0.3, -0.25) is 9.98 Å². The number of aliphatic imine (C=N–C) groups is 1. The molecule has 140 valence electrons. The van der Waals surface area contributed by atoms with Gasteiger partial charge in [0.1, 0.15) is 0 Å². The van der Waals surface area contributed by atoms with Crippen molar-refractivity contribution < 1.29 is 0 Å². The summed E-state index contributed by atoms with van der Waals surface area (Å²) in [5.41, 5.74) is 7.69. The van der Waals surface area contributed by atoms with Crippen molar-refractivity contribution in [2.45, 2.75) is 27.7 Å². The van der Waals surface area contributed by atoms with Crippen LogP contribution in [0.15, 0.2) is 78.6 Å². The Balaban J connectivity index is 2.08. The van der Waals surface area contributed by atoms with Crippen LogP contribution in [0.4, 0.5) is 0 Å². The normalized spacial score (nSPS) is 12.7. The van der Waals surface area contributed by atoms with Crippen molar-refractivity contribution in [2.75, 3.05) is 0 Å². The second-order valence-corrected chi connectivity index (χ2v) is 6.89. The van der Waals surface area contributed by atoms with E-state index in [2.05, 4.69) is 72.9 Å². The standard InChI is InChI=1S/C26H26N2/c1-6-14-27-20(5)26-13-12-23(17-28-26)21(7-2)16-25-19(4)18(3)15-22-10-8-9-11-24(22)25/h6-17H,2H2,1,3-5H3/b14-6-,21-16+,27-20?. The number of hydrogen-bond donors (Lipinski definition) is 0. The number of fused-ring (bicyclic) bond motifs is 1. The molecule has 28 heavy (non-hydrogen) atoms. The van der Waals surface area contributed by atoms with Gasteiger partial charge in [0, 0.05) is 18.0 Å². The molecule has 0 unspecified atom stereocenters. The number of benzene rings is 2. The summed E-state index contributed by atoms with van der Waals surface area (Å²) in [7, 11) is 0. The molecule has 1 heterocycles. The lowest BCUT2D eigenvalue weighted by molar-refractivity contribution is 1.26. The topological polar surface area (TPSA) is 25.2 Å². The molecule has 2 nitrogen and oxygen atoms in total. The second-order valence-electron chi connectivity index (χ2n) is 6.89. The maximum Gasteiger partial charge on any atom is 0.0841 e. The van der Waals surface area contributed by atoms with Crippen LogP contribution in [-0.2, 0) is 0 Å². The largest absolute Gasteiger partial charge is 0.260 e. The fraction of sp³-hybridized carbons (Fsp3) is 0.154. The Morgan fingerprint density at radius 2 is 1.89 bits per heavy atom. The molecule has 2 heteroatoms. The van der Waals surface area contributed by atoms with Gasteiger partial charge in [-0.25, -0.2) is 0 Å². The fourth-order valence-electron chi connectivity index (χ4n) is 3.26. The van der Waals surface area contributed by atoms with Crippen LogP contribution in [0, 0.1) is 13.8 Å². The minimum absolute atomic E-state index is 0.877. The molecule has 3 rings (SSSR count). The van der Waals surface area contributed by atoms with E-state index in [0.29, 0.717) is 0 Å². The first-order chi connectivity index (χ1) is 13.5. The summed E-state index contributed by atoms with van der Waals surface area (Å²) < 4.78 is 0. The Morgan fingerprint density at radius 1 is 1.11 bits per heavy atom. The number of hydrogen-bond acceptors (Lipinski definition) is 2. The van der Waals surface area contributed by atoms with Gasteiger partial charge in [-0.1, -0.05) is 55.1 Å². The molecule has 3 aromatic rings. The summed E-state index contributed by atoms with van der Waals surface area (Å²) in [5.74, 6) is 0. The van der Waals surface area contributed by atoms with E-state index >= 15 is 0 Å². The van der Waals surface area contributed by atoms with Gasteiger partial charge >= 0.3 is 0 Å². The number of nitrogens with zero attached hydrogens (tertiary/aromatic N) is 2. The molecule has 0 saturated carbocycles. The van der Waals surface area contributed by atoms with Crippen LogP contribution in [0.1, 0.15) is 41.8 Å². The zero-order valence-electron chi connectivity index (χ0n) is 17.0. The van der Waals surface area contributed by atoms with Crippen LogP contribution < -0.4 is 0 Å². The van der Waals surface area contributed by atoms with Crippen LogP contribution in [0.3, 0.4) is 0 Å². The average molecular weight is 367 g/mol. The zero-order valence-corrected chi connectivity index (χ0v) is 17.0. The highest BCUT2D eigenvalue weighted by Gasteiger charge is 2.08. The smallest absolute Gasteiger partial charge is 0.0841 e. The van der Waals surface area contributed by atoms with Crippen LogP contribution in [-0.4, -0.2) is 10.7 Å². The Kier molecular flexibility index (Phi) is 6.00. The van der Waals surface area contributed by atoms with Gasteiger partial charge in [-0.2, -0.15) is 0 Å². The molecule has 2 aromatic carbocycles. The summed E-state index contributed by atoms with van der Waals surface area (Å²) in [6, 6.07) is 14.9. The molecule has 0 atom stereocenters. The van der Waals surface area contributed by atoms with Gasteiger partial charge < -0.3 is 0 Å². The fourth-order valence-corrected chi connectivity index (χ4v) is 3.26. The van der Waals surface area contributed by atoms with E-state index in [4.69, 9.17) is 0 Å². The van der Waals surface area contributed by atoms with Crippen LogP contribution in [0.2, 0.25) is 0 Å². The lowest BCUT2D eigenvalue weighted by Crippen LogP contribution is -1.98. The molecule has 0 aliphatic heterocycles. The highest BCUT2D eigenvalue weighted by Crippen LogP contribution is 2.29. The highest BCUT2D eigenvalue weighted by molar-refractivity contribution is 6.00. The first-order valence-electron chi connectivity index (χ1n) is 9.50. The van der Waals surface area contributed by atoms with E-state index < -0.39 is 0 Å². The molecule has 0 bridgehead atoms. The molecule has 0 radical (unpaired) electrons. The average Bonchev–Trinajstić information content (AvgIpc) is 2.72. The molecule has 0 spiro atoms. The SMILES string of the molecule is C=C/C(=C\c1c(C)c(C)cc2ccccc12)c1ccc(C(C)=N/C=C\C)nc1. The Labute approximate surface area is 167 Å². The summed E-state index contributed by atoms with van der Waals surface area (Å²) in [6.07, 6.45) is 9.70. The first-order valence-corrected chi connectivity index (χ1v) is 9.50. The predicted molar refractivity (Wildman–Crippen MR) is 123 cm³/mol. The molecule has 0 aliphatic rings. The summed E-state index contributed by atoms with van der Waals surface area (Å²) >= 11 is 0. The molecule has 0 aliphatic carbocycles. The molecule has 0 amide bonds. The van der Waals surface area contributed by atoms with E-state index in [1.807, 2.05) is 38.3 Å². The molecule has 0 fully saturated rings. The van der Waals surface area contributed by atoms with Crippen LogP contribution >= 0.6 is 0 Å². The Hall–Kier alpha value is -3.26. The Bertz CT molecular complexity index is 1100. The molecule has 1 aromatic heterocycles. The minimum Gasteiger partial charge on any atom is -0.260 e. The first kappa shape index (κ1) is 19.5. The van der Waals surface area contributed by atoms with E-state index in [1.165, 1.54) is 27.5 Å². The summed E-state index contributed by atoms with van der Waals surface area (Å²) in [6.45, 7) is 12.3. The van der Waals surface area contributed by atoms with Gasteiger partial charge in [-0.05, 0) is 72.9 Å². The maximum absolute atomic E-state index is 4.59. The van der Waals surface area contributed by atoms with E-state index in [1.54, 1.807) is 6.20 Å². The number of aryl methyl sites for hydroxylation is 1. The minimum atomic E-state index is 0.877. The van der Waals surface area contributed by atoms with Crippen LogP contribution in [0.25, 0.3) is 22.4 Å². The van der Waals surface area contributed by atoms with Gasteiger partial charge in [0.05, 0.1) is 11.4 Å². The van der Waals surface area contributed by atoms with Crippen LogP contribution in [0.5, 0.6) is 0 Å². The summed E-state index contributed by atoms with van der Waals surface area (Å²) in [4.78, 5) is 8.96. The van der Waals surface area contributed by atoms with Crippen molar-refractivity contribution in [3.8, 4) is 0 Å². The van der Waals surface area contributed by atoms with Crippen molar-refractivity contribution in [2.24, 2.45) is 4.99 Å². The maximum atomic E-state index is 4.59. The van der Waals surface area contributed by atoms with Gasteiger partial charge in [0.2, 0.25) is 0 Å². The lowest BCUT2D eigenvalue weighted by Gasteiger charge is -2.12. The van der Waals surface area contributed by atoms with Crippen molar-refractivity contribution >= 4 is 28.1 Å². The third-order valence-electron chi connectivity index (χ3n) is 5.02. The predicted octanol–water partition coefficient (Wildman–Crippen LogP) is 6.92. The molecule has 0 saturated heterocycles. The lowest BCUT2D eigenvalue weighted by atomic mass is 9.93. The van der Waals surface area contributed by atoms with Gasteiger partial charge in [0.25, 0.3) is 0 Å². The monoisotopic (exact) mass is 366 g/mol. The number of pyridine rings is 1. The highest BCUT2D eigenvalue weighted by atomic mass is 14.8. The second kappa shape index (κ2) is 8.62. The van der Waals surface area contributed by atoms with Crippen molar-refractivity contribution in [1.82, 2.24) is 4.98 Å². The molecular formula is C26H26N2. The van der Waals surface area contributed by atoms with E-state index in [9.17, 15) is 0 Å². The van der Waals surface area contributed by atoms with Crippen molar-refractivity contribution in [3.63, 3.8) is 0 Å².